The summed E-state index contributed by atoms with van der Waals surface area (Å²) >= 11 is 5.00. The molecule has 2 aromatic carbocycles. The third-order valence-electron chi connectivity index (χ3n) is 4.98. The van der Waals surface area contributed by atoms with E-state index in [1.54, 1.807) is 18.2 Å². The summed E-state index contributed by atoms with van der Waals surface area (Å²) in [7, 11) is 0. The van der Waals surface area contributed by atoms with Gasteiger partial charge < -0.3 is 9.47 Å². The molecule has 30 heavy (non-hydrogen) atoms. The number of rotatable bonds is 9. The van der Waals surface area contributed by atoms with E-state index in [2.05, 4.69) is 61.7 Å². The molecule has 0 unspecified atom stereocenters. The Balaban J connectivity index is 2.03. The lowest BCUT2D eigenvalue weighted by atomic mass is 10.2. The average Bonchev–Trinajstić information content (AvgIpc) is 3.14. The van der Waals surface area contributed by atoms with Crippen molar-refractivity contribution in [3.05, 3.63) is 73.3 Å². The summed E-state index contributed by atoms with van der Waals surface area (Å²) in [4.78, 5) is 18.9. The molecule has 1 aromatic heterocycles. The summed E-state index contributed by atoms with van der Waals surface area (Å²) in [6.07, 6.45) is 0.978. The second-order valence-corrected chi connectivity index (χ2v) is 8.55. The van der Waals surface area contributed by atoms with Gasteiger partial charge in [0.15, 0.2) is 4.80 Å². The van der Waals surface area contributed by atoms with Crippen LogP contribution in [-0.4, -0.2) is 34.0 Å². The van der Waals surface area contributed by atoms with E-state index in [1.165, 1.54) is 17.4 Å². The van der Waals surface area contributed by atoms with Crippen LogP contribution in [0.4, 0.5) is 11.4 Å². The zero-order valence-corrected chi connectivity index (χ0v) is 19.5. The van der Waals surface area contributed by atoms with E-state index in [9.17, 15) is 10.1 Å². The Morgan fingerprint density at radius 2 is 1.83 bits per heavy atom. The molecule has 3 aromatic rings. The Hall–Kier alpha value is -2.29. The molecule has 3 rings (SSSR count). The predicted molar refractivity (Wildman–Crippen MR) is 126 cm³/mol. The van der Waals surface area contributed by atoms with Crippen molar-refractivity contribution in [2.24, 2.45) is 4.99 Å². The topological polar surface area (TPSA) is 63.7 Å². The third-order valence-corrected chi connectivity index (χ3v) is 6.37. The van der Waals surface area contributed by atoms with E-state index >= 15 is 0 Å². The van der Waals surface area contributed by atoms with Gasteiger partial charge in [-0.25, -0.2) is 4.99 Å². The number of nitro groups is 1. The molecule has 6 nitrogen and oxygen atoms in total. The van der Waals surface area contributed by atoms with Crippen LogP contribution in [0, 0.1) is 10.1 Å². The maximum Gasteiger partial charge on any atom is 0.294 e. The molecule has 0 aliphatic carbocycles. The second kappa shape index (κ2) is 10.7. The standard InChI is InChI=1S/C22H25BrN4O2S/c1-3-25(4-2)14-7-15-26-21(17-10-12-18(23)13-11-17)16-30-22(26)24-19-8-5-6-9-20(19)27(28)29/h5-6,8-13,16H,3-4,7,14-15H2,1-2H3. The number of nitro benzene ring substituents is 1. The minimum Gasteiger partial charge on any atom is -0.316 e. The minimum atomic E-state index is -0.382. The van der Waals surface area contributed by atoms with Crippen LogP contribution < -0.4 is 4.80 Å². The van der Waals surface area contributed by atoms with Crippen molar-refractivity contribution < 1.29 is 4.92 Å². The van der Waals surface area contributed by atoms with Crippen LogP contribution in [0.1, 0.15) is 20.3 Å². The SMILES string of the molecule is CCN(CC)CCCn1c(-c2ccc(Br)cc2)csc1=Nc1ccccc1[N+](=O)[O-]. The molecule has 0 amide bonds. The summed E-state index contributed by atoms with van der Waals surface area (Å²) < 4.78 is 3.20. The largest absolute Gasteiger partial charge is 0.316 e. The third kappa shape index (κ3) is 5.44. The number of para-hydroxylation sites is 2. The molecule has 0 fully saturated rings. The fraction of sp³-hybridized carbons (Fsp3) is 0.318. The van der Waals surface area contributed by atoms with E-state index in [0.29, 0.717) is 5.69 Å². The number of benzene rings is 2. The lowest BCUT2D eigenvalue weighted by Gasteiger charge is -2.18. The Morgan fingerprint density at radius 3 is 2.50 bits per heavy atom. The molecule has 0 saturated heterocycles. The van der Waals surface area contributed by atoms with E-state index in [1.807, 2.05) is 12.1 Å². The van der Waals surface area contributed by atoms with Gasteiger partial charge in [-0.1, -0.05) is 54.0 Å². The number of aromatic nitrogens is 1. The molecule has 0 radical (unpaired) electrons. The van der Waals surface area contributed by atoms with E-state index in [-0.39, 0.29) is 10.6 Å². The fourth-order valence-corrected chi connectivity index (χ4v) is 4.51. The Morgan fingerprint density at radius 1 is 1.13 bits per heavy atom. The lowest BCUT2D eigenvalue weighted by molar-refractivity contribution is -0.384. The number of hydrogen-bond donors (Lipinski definition) is 0. The predicted octanol–water partition coefficient (Wildman–Crippen LogP) is 5.85. The van der Waals surface area contributed by atoms with Crippen LogP contribution in [0.3, 0.4) is 0 Å². The van der Waals surface area contributed by atoms with Crippen molar-refractivity contribution in [3.8, 4) is 11.3 Å². The first-order valence-electron chi connectivity index (χ1n) is 9.98. The molecule has 8 heteroatoms. The normalized spacial score (nSPS) is 11.9. The zero-order chi connectivity index (χ0) is 21.5. The summed E-state index contributed by atoms with van der Waals surface area (Å²) in [5.41, 5.74) is 2.57. The maximum absolute atomic E-state index is 11.4. The Bertz CT molecular complexity index is 1060. The molecular weight excluding hydrogens is 464 g/mol. The van der Waals surface area contributed by atoms with Gasteiger partial charge in [0, 0.05) is 22.5 Å². The van der Waals surface area contributed by atoms with Gasteiger partial charge in [0.25, 0.3) is 5.69 Å². The van der Waals surface area contributed by atoms with Gasteiger partial charge in [0.2, 0.25) is 0 Å². The van der Waals surface area contributed by atoms with Crippen molar-refractivity contribution in [1.82, 2.24) is 9.47 Å². The van der Waals surface area contributed by atoms with Crippen LogP contribution in [0.15, 0.2) is 63.4 Å². The number of thiazole rings is 1. The van der Waals surface area contributed by atoms with Crippen LogP contribution in [0.2, 0.25) is 0 Å². The van der Waals surface area contributed by atoms with Crippen LogP contribution in [0.25, 0.3) is 11.3 Å². The molecule has 0 spiro atoms. The summed E-state index contributed by atoms with van der Waals surface area (Å²) in [5.74, 6) is 0. The first kappa shape index (κ1) is 22.4. The quantitative estimate of drug-likeness (QED) is 0.280. The molecule has 1 heterocycles. The smallest absolute Gasteiger partial charge is 0.294 e. The second-order valence-electron chi connectivity index (χ2n) is 6.80. The first-order valence-corrected chi connectivity index (χ1v) is 11.7. The zero-order valence-electron chi connectivity index (χ0n) is 17.1. The first-order chi connectivity index (χ1) is 14.5. The summed E-state index contributed by atoms with van der Waals surface area (Å²) in [5, 5.41) is 13.5. The molecule has 0 saturated carbocycles. The Kier molecular flexibility index (Phi) is 7.95. The highest BCUT2D eigenvalue weighted by Gasteiger charge is 2.14. The summed E-state index contributed by atoms with van der Waals surface area (Å²) in [6.45, 7) is 8.19. The number of nitrogens with zero attached hydrogens (tertiary/aromatic N) is 4. The molecular formula is C22H25BrN4O2S. The van der Waals surface area contributed by atoms with Gasteiger partial charge >= 0.3 is 0 Å². The van der Waals surface area contributed by atoms with Gasteiger partial charge in [-0.2, -0.15) is 0 Å². The highest BCUT2D eigenvalue weighted by Crippen LogP contribution is 2.27. The van der Waals surface area contributed by atoms with Crippen molar-refractivity contribution in [2.45, 2.75) is 26.8 Å². The van der Waals surface area contributed by atoms with Gasteiger partial charge in [-0.05, 0) is 49.8 Å². The number of halogens is 1. The molecule has 0 atom stereocenters. The van der Waals surface area contributed by atoms with Crippen molar-refractivity contribution in [1.29, 1.82) is 0 Å². The molecule has 0 bridgehead atoms. The van der Waals surface area contributed by atoms with Crippen molar-refractivity contribution in [2.75, 3.05) is 19.6 Å². The molecule has 0 N–H and O–H groups in total. The average molecular weight is 489 g/mol. The van der Waals surface area contributed by atoms with Crippen molar-refractivity contribution >= 4 is 38.6 Å². The van der Waals surface area contributed by atoms with Crippen LogP contribution in [-0.2, 0) is 6.54 Å². The van der Waals surface area contributed by atoms with Crippen molar-refractivity contribution in [3.63, 3.8) is 0 Å². The maximum atomic E-state index is 11.4. The summed E-state index contributed by atoms with van der Waals surface area (Å²) in [6, 6.07) is 14.8. The van der Waals surface area contributed by atoms with Crippen LogP contribution in [0.5, 0.6) is 0 Å². The van der Waals surface area contributed by atoms with E-state index in [4.69, 9.17) is 0 Å². The monoisotopic (exact) mass is 488 g/mol. The van der Waals surface area contributed by atoms with E-state index < -0.39 is 0 Å². The van der Waals surface area contributed by atoms with Gasteiger partial charge in [-0.3, -0.25) is 10.1 Å². The van der Waals surface area contributed by atoms with Crippen LogP contribution >= 0.6 is 27.3 Å². The van der Waals surface area contributed by atoms with Gasteiger partial charge in [-0.15, -0.1) is 11.3 Å². The molecule has 0 aliphatic heterocycles. The van der Waals surface area contributed by atoms with E-state index in [0.717, 1.165) is 53.1 Å². The number of hydrogen-bond acceptors (Lipinski definition) is 5. The fourth-order valence-electron chi connectivity index (χ4n) is 3.29. The minimum absolute atomic E-state index is 0.0192. The highest BCUT2D eigenvalue weighted by atomic mass is 79.9. The van der Waals surface area contributed by atoms with Gasteiger partial charge in [0.1, 0.15) is 5.69 Å². The lowest BCUT2D eigenvalue weighted by Crippen LogP contribution is -2.26. The highest BCUT2D eigenvalue weighted by molar-refractivity contribution is 9.10. The molecule has 0 aliphatic rings. The molecule has 158 valence electrons. The Labute approximate surface area is 188 Å². The van der Waals surface area contributed by atoms with Gasteiger partial charge in [0.05, 0.1) is 10.6 Å².